The van der Waals surface area contributed by atoms with E-state index in [0.29, 0.717) is 25.7 Å². The molecule has 158 valence electrons. The van der Waals surface area contributed by atoms with Crippen LogP contribution in [-0.2, 0) is 24.1 Å². The lowest BCUT2D eigenvalue weighted by molar-refractivity contribution is -0.150. The van der Waals surface area contributed by atoms with Gasteiger partial charge in [0, 0.05) is 5.92 Å². The number of hydrogen-bond acceptors (Lipinski definition) is 6. The molecule has 3 saturated carbocycles. The third-order valence-electron chi connectivity index (χ3n) is 8.68. The van der Waals surface area contributed by atoms with Crippen LogP contribution in [0.2, 0.25) is 0 Å². The number of hydrogen-bond donors (Lipinski definition) is 1. The first-order valence-corrected chi connectivity index (χ1v) is 12.7. The highest BCUT2D eigenvalue weighted by atomic mass is 32.2. The summed E-state index contributed by atoms with van der Waals surface area (Å²) in [5, 5.41) is 10.8. The molecular weight excluding hydrogens is 380 g/mol. The first-order chi connectivity index (χ1) is 13.1. The molecule has 7 atom stereocenters. The molecule has 6 nitrogen and oxygen atoms in total. The van der Waals surface area contributed by atoms with E-state index in [1.165, 1.54) is 0 Å². The van der Waals surface area contributed by atoms with Crippen molar-refractivity contribution in [2.24, 2.45) is 17.8 Å². The molecule has 5 rings (SSSR count). The van der Waals surface area contributed by atoms with Crippen LogP contribution in [0, 0.1) is 17.8 Å². The zero-order valence-corrected chi connectivity index (χ0v) is 17.7. The first-order valence-electron chi connectivity index (χ1n) is 10.9. The van der Waals surface area contributed by atoms with Gasteiger partial charge < -0.3 is 14.6 Å². The molecule has 2 heterocycles. The Labute approximate surface area is 167 Å². The predicted octanol–water partition coefficient (Wildman–Crippen LogP) is 2.37. The van der Waals surface area contributed by atoms with Crippen LogP contribution >= 0.6 is 0 Å². The average Bonchev–Trinajstić information content (AvgIpc) is 3.01. The zero-order valence-electron chi connectivity index (χ0n) is 16.9. The standard InChI is InChI=1S/C21H32O6S/c1-19(23)10-11-21-17(19)16-14(8-9-20(21,2)27-21)15(18(22)26-16)12-28(24,25)13-6-4-3-5-7-13/h13-17,23H,3-12H2,1-2H3/t14-,15-,16-,17-,19+,20-,21+/m0/s1. The Kier molecular flexibility index (Phi) is 4.10. The van der Waals surface area contributed by atoms with Crippen molar-refractivity contribution in [1.82, 2.24) is 0 Å². The Morgan fingerprint density at radius 1 is 1.07 bits per heavy atom. The van der Waals surface area contributed by atoms with Crippen molar-refractivity contribution in [1.29, 1.82) is 0 Å². The number of ether oxygens (including phenoxy) is 2. The number of sulfone groups is 1. The number of epoxide rings is 1. The number of carbonyl (C=O) groups excluding carboxylic acids is 1. The molecule has 0 aromatic carbocycles. The van der Waals surface area contributed by atoms with Gasteiger partial charge in [0.15, 0.2) is 9.84 Å². The maximum Gasteiger partial charge on any atom is 0.310 e. The van der Waals surface area contributed by atoms with E-state index in [2.05, 4.69) is 6.92 Å². The van der Waals surface area contributed by atoms with Gasteiger partial charge in [0.2, 0.25) is 0 Å². The highest BCUT2D eigenvalue weighted by molar-refractivity contribution is 7.92. The van der Waals surface area contributed by atoms with Crippen molar-refractivity contribution in [3.63, 3.8) is 0 Å². The first kappa shape index (κ1) is 19.3. The maximum atomic E-state index is 13.1. The molecule has 5 aliphatic rings. The van der Waals surface area contributed by atoms with Crippen molar-refractivity contribution in [2.45, 2.75) is 99.8 Å². The minimum absolute atomic E-state index is 0.100. The van der Waals surface area contributed by atoms with Crippen molar-refractivity contribution in [3.8, 4) is 0 Å². The average molecular weight is 413 g/mol. The Bertz CT molecular complexity index is 785. The van der Waals surface area contributed by atoms with Crippen molar-refractivity contribution in [3.05, 3.63) is 0 Å². The SMILES string of the molecule is C[C@@]1(O)CC[C@]23O[C@@]2(C)CC[C@@H]2[C@H](OC(=O)[C@H]2CS(=O)(=O)C2CCCCC2)[C@@H]13. The summed E-state index contributed by atoms with van der Waals surface area (Å²) >= 11 is 0. The lowest BCUT2D eigenvalue weighted by atomic mass is 9.75. The Morgan fingerprint density at radius 2 is 1.79 bits per heavy atom. The van der Waals surface area contributed by atoms with E-state index in [0.717, 1.165) is 32.1 Å². The van der Waals surface area contributed by atoms with Crippen LogP contribution in [0.15, 0.2) is 0 Å². The summed E-state index contributed by atoms with van der Waals surface area (Å²) in [6.45, 7) is 3.91. The van der Waals surface area contributed by atoms with Gasteiger partial charge in [-0.3, -0.25) is 4.79 Å². The minimum atomic E-state index is -3.33. The Morgan fingerprint density at radius 3 is 2.50 bits per heavy atom. The van der Waals surface area contributed by atoms with E-state index >= 15 is 0 Å². The van der Waals surface area contributed by atoms with Crippen molar-refractivity contribution < 1.29 is 27.8 Å². The molecule has 28 heavy (non-hydrogen) atoms. The smallest absolute Gasteiger partial charge is 0.310 e. The van der Waals surface area contributed by atoms with Gasteiger partial charge in [-0.1, -0.05) is 19.3 Å². The molecule has 0 amide bonds. The number of aliphatic hydroxyl groups is 1. The second-order valence-corrected chi connectivity index (χ2v) is 12.7. The topological polar surface area (TPSA) is 93.2 Å². The molecule has 7 heteroatoms. The molecule has 3 aliphatic carbocycles. The van der Waals surface area contributed by atoms with Crippen LogP contribution in [-0.4, -0.2) is 53.4 Å². The van der Waals surface area contributed by atoms with Crippen LogP contribution in [0.25, 0.3) is 0 Å². The monoisotopic (exact) mass is 412 g/mol. The van der Waals surface area contributed by atoms with Gasteiger partial charge in [0.25, 0.3) is 0 Å². The summed E-state index contributed by atoms with van der Waals surface area (Å²) in [6.07, 6.45) is 6.88. The van der Waals surface area contributed by atoms with Gasteiger partial charge >= 0.3 is 5.97 Å². The fraction of sp³-hybridized carbons (Fsp3) is 0.952. The van der Waals surface area contributed by atoms with Gasteiger partial charge in [-0.2, -0.15) is 0 Å². The van der Waals surface area contributed by atoms with Crippen LogP contribution in [0.1, 0.15) is 71.6 Å². The molecule has 0 radical (unpaired) electrons. The van der Waals surface area contributed by atoms with Crippen LogP contribution in [0.4, 0.5) is 0 Å². The quantitative estimate of drug-likeness (QED) is 0.565. The van der Waals surface area contributed by atoms with Gasteiger partial charge in [-0.25, -0.2) is 8.42 Å². The second-order valence-electron chi connectivity index (χ2n) is 10.4. The van der Waals surface area contributed by atoms with E-state index < -0.39 is 39.0 Å². The summed E-state index contributed by atoms with van der Waals surface area (Å²) in [5.41, 5.74) is -1.67. The number of rotatable bonds is 3. The molecule has 0 unspecified atom stereocenters. The zero-order chi connectivity index (χ0) is 19.9. The second kappa shape index (κ2) is 5.94. The highest BCUT2D eigenvalue weighted by Crippen LogP contribution is 2.69. The summed E-state index contributed by atoms with van der Waals surface area (Å²) in [5.74, 6) is -1.52. The largest absolute Gasteiger partial charge is 0.461 e. The molecule has 1 N–H and O–H groups in total. The van der Waals surface area contributed by atoms with Crippen molar-refractivity contribution in [2.75, 3.05) is 5.75 Å². The molecule has 2 saturated heterocycles. The fourth-order valence-corrected chi connectivity index (χ4v) is 9.26. The fourth-order valence-electron chi connectivity index (χ4n) is 7.06. The summed E-state index contributed by atoms with van der Waals surface area (Å²) in [7, 11) is -3.33. The molecule has 0 bridgehead atoms. The van der Waals surface area contributed by atoms with E-state index in [-0.39, 0.29) is 28.4 Å². The third-order valence-corrected chi connectivity index (χ3v) is 11.0. The number of esters is 1. The highest BCUT2D eigenvalue weighted by Gasteiger charge is 2.80. The van der Waals surface area contributed by atoms with Crippen LogP contribution in [0.5, 0.6) is 0 Å². The Hall–Kier alpha value is -0.660. The maximum absolute atomic E-state index is 13.1. The van der Waals surface area contributed by atoms with Gasteiger partial charge in [-0.15, -0.1) is 0 Å². The Balaban J connectivity index is 1.43. The van der Waals surface area contributed by atoms with E-state index in [4.69, 9.17) is 9.47 Å². The van der Waals surface area contributed by atoms with E-state index in [9.17, 15) is 18.3 Å². The van der Waals surface area contributed by atoms with E-state index in [1.54, 1.807) is 0 Å². The lowest BCUT2D eigenvalue weighted by Crippen LogP contribution is -2.47. The number of fused-ring (bicyclic) bond motifs is 2. The molecule has 1 spiro atoms. The van der Waals surface area contributed by atoms with E-state index in [1.807, 2.05) is 6.92 Å². The normalized spacial score (nSPS) is 51.0. The summed E-state index contributed by atoms with van der Waals surface area (Å²) in [4.78, 5) is 12.8. The molecule has 5 fully saturated rings. The minimum Gasteiger partial charge on any atom is -0.461 e. The van der Waals surface area contributed by atoms with Gasteiger partial charge in [0.1, 0.15) is 11.7 Å². The van der Waals surface area contributed by atoms with Crippen LogP contribution < -0.4 is 0 Å². The molecule has 0 aromatic rings. The molecular formula is C21H32O6S. The predicted molar refractivity (Wildman–Crippen MR) is 102 cm³/mol. The molecule has 0 aromatic heterocycles. The molecule has 2 aliphatic heterocycles. The number of carbonyl (C=O) groups is 1. The van der Waals surface area contributed by atoms with Gasteiger partial charge in [-0.05, 0) is 52.4 Å². The van der Waals surface area contributed by atoms with Crippen molar-refractivity contribution >= 4 is 15.8 Å². The summed E-state index contributed by atoms with van der Waals surface area (Å²) in [6, 6.07) is 0. The van der Waals surface area contributed by atoms with Crippen LogP contribution in [0.3, 0.4) is 0 Å². The van der Waals surface area contributed by atoms with Gasteiger partial charge in [0.05, 0.1) is 34.0 Å². The lowest BCUT2D eigenvalue weighted by Gasteiger charge is -2.34. The summed E-state index contributed by atoms with van der Waals surface area (Å²) < 4.78 is 38.1. The third kappa shape index (κ3) is 2.58.